The Balaban J connectivity index is 1.81. The quantitative estimate of drug-likeness (QED) is 0.639. The molecule has 2 nitrogen and oxygen atoms in total. The van der Waals surface area contributed by atoms with Gasteiger partial charge in [0.15, 0.2) is 0 Å². The normalized spacial score (nSPS) is 32.8. The van der Waals surface area contributed by atoms with Gasteiger partial charge < -0.3 is 9.64 Å². The summed E-state index contributed by atoms with van der Waals surface area (Å²) in [5, 5.41) is 0. The highest BCUT2D eigenvalue weighted by Crippen LogP contribution is 2.27. The third-order valence-corrected chi connectivity index (χ3v) is 3.75. The molecule has 2 aliphatic rings. The van der Waals surface area contributed by atoms with Crippen molar-refractivity contribution in [2.45, 2.75) is 44.6 Å². The minimum atomic E-state index is 0.589. The van der Waals surface area contributed by atoms with Crippen LogP contribution >= 0.6 is 0 Å². The van der Waals surface area contributed by atoms with Crippen LogP contribution in [0.4, 0.5) is 0 Å². The van der Waals surface area contributed by atoms with E-state index in [0.29, 0.717) is 6.10 Å². The Hall–Kier alpha value is -0.0800. The molecule has 14 heavy (non-hydrogen) atoms. The van der Waals surface area contributed by atoms with Crippen LogP contribution in [-0.2, 0) is 4.74 Å². The number of likely N-dealkylation sites (tertiary alicyclic amines) is 1. The summed E-state index contributed by atoms with van der Waals surface area (Å²) < 4.78 is 5.96. The van der Waals surface area contributed by atoms with E-state index >= 15 is 0 Å². The molecule has 82 valence electrons. The third kappa shape index (κ3) is 2.71. The van der Waals surface area contributed by atoms with Gasteiger partial charge in [0.05, 0.1) is 6.10 Å². The van der Waals surface area contributed by atoms with E-state index in [9.17, 15) is 0 Å². The maximum absolute atomic E-state index is 5.96. The minimum absolute atomic E-state index is 0.589. The molecule has 2 fully saturated rings. The van der Waals surface area contributed by atoms with E-state index in [-0.39, 0.29) is 0 Å². The van der Waals surface area contributed by atoms with E-state index < -0.39 is 0 Å². The molecule has 2 heteroatoms. The van der Waals surface area contributed by atoms with Gasteiger partial charge in [-0.2, -0.15) is 0 Å². The Bertz CT molecular complexity index is 156. The number of piperidine rings is 1. The molecule has 0 aromatic carbocycles. The van der Waals surface area contributed by atoms with E-state index in [4.69, 9.17) is 4.74 Å². The van der Waals surface area contributed by atoms with Crippen molar-refractivity contribution >= 4 is 0 Å². The molecule has 2 heterocycles. The number of ether oxygens (including phenoxy) is 1. The van der Waals surface area contributed by atoms with Crippen LogP contribution in [-0.4, -0.2) is 37.7 Å². The molecule has 0 saturated carbocycles. The summed E-state index contributed by atoms with van der Waals surface area (Å²) in [6.45, 7) is 3.55. The number of nitrogens with zero attached hydrogens (tertiary/aromatic N) is 1. The average Bonchev–Trinajstić information content (AvgIpc) is 2.47. The van der Waals surface area contributed by atoms with Crippen LogP contribution in [0.15, 0.2) is 0 Å². The first-order chi connectivity index (χ1) is 6.86. The summed E-state index contributed by atoms with van der Waals surface area (Å²) >= 11 is 0. The monoisotopic (exact) mass is 197 g/mol. The molecule has 2 rings (SSSR count). The molecule has 0 N–H and O–H groups in total. The maximum atomic E-state index is 5.96. The van der Waals surface area contributed by atoms with Gasteiger partial charge in [0.2, 0.25) is 0 Å². The Morgan fingerprint density at radius 1 is 1.00 bits per heavy atom. The molecule has 2 saturated heterocycles. The van der Waals surface area contributed by atoms with E-state index in [1.165, 1.54) is 51.6 Å². The fourth-order valence-electron chi connectivity index (χ4n) is 2.71. The van der Waals surface area contributed by atoms with E-state index in [1.54, 1.807) is 0 Å². The number of rotatable bonds is 1. The molecule has 1 atom stereocenters. The summed E-state index contributed by atoms with van der Waals surface area (Å²) in [7, 11) is 2.23. The van der Waals surface area contributed by atoms with Crippen molar-refractivity contribution in [2.24, 2.45) is 5.92 Å². The number of hydrogen-bond acceptors (Lipinski definition) is 2. The van der Waals surface area contributed by atoms with Gasteiger partial charge in [-0.3, -0.25) is 0 Å². The molecular weight excluding hydrogens is 174 g/mol. The van der Waals surface area contributed by atoms with Crippen molar-refractivity contribution in [3.05, 3.63) is 0 Å². The Morgan fingerprint density at radius 3 is 2.57 bits per heavy atom. The van der Waals surface area contributed by atoms with E-state index in [2.05, 4.69) is 11.9 Å². The summed E-state index contributed by atoms with van der Waals surface area (Å²) in [4.78, 5) is 2.44. The average molecular weight is 197 g/mol. The lowest BCUT2D eigenvalue weighted by Crippen LogP contribution is -2.36. The zero-order valence-corrected chi connectivity index (χ0v) is 9.37. The van der Waals surface area contributed by atoms with Gasteiger partial charge in [0, 0.05) is 6.61 Å². The lowest BCUT2D eigenvalue weighted by Gasteiger charge is -2.33. The van der Waals surface area contributed by atoms with Gasteiger partial charge in [-0.1, -0.05) is 12.8 Å². The first kappa shape index (κ1) is 10.4. The van der Waals surface area contributed by atoms with Crippen LogP contribution in [0.25, 0.3) is 0 Å². The van der Waals surface area contributed by atoms with Crippen molar-refractivity contribution < 1.29 is 4.74 Å². The highest BCUT2D eigenvalue weighted by molar-refractivity contribution is 4.78. The van der Waals surface area contributed by atoms with Crippen LogP contribution in [0.1, 0.15) is 38.5 Å². The van der Waals surface area contributed by atoms with Crippen LogP contribution < -0.4 is 0 Å². The highest BCUT2D eigenvalue weighted by Gasteiger charge is 2.26. The molecule has 0 amide bonds. The van der Waals surface area contributed by atoms with Crippen molar-refractivity contribution in [3.63, 3.8) is 0 Å². The predicted molar refractivity (Wildman–Crippen MR) is 58.4 cm³/mol. The van der Waals surface area contributed by atoms with Crippen molar-refractivity contribution in [3.8, 4) is 0 Å². The second-order valence-corrected chi connectivity index (χ2v) is 4.90. The van der Waals surface area contributed by atoms with Crippen molar-refractivity contribution in [1.82, 2.24) is 4.90 Å². The van der Waals surface area contributed by atoms with E-state index in [1.807, 2.05) is 0 Å². The van der Waals surface area contributed by atoms with Gasteiger partial charge in [-0.15, -0.1) is 0 Å². The molecule has 0 bridgehead atoms. The minimum Gasteiger partial charge on any atom is -0.378 e. The SMILES string of the molecule is CN1CCC(C2CCCCCO2)CC1. The molecule has 2 aliphatic heterocycles. The van der Waals surface area contributed by atoms with E-state index in [0.717, 1.165) is 12.5 Å². The van der Waals surface area contributed by atoms with Crippen LogP contribution in [0.2, 0.25) is 0 Å². The third-order valence-electron chi connectivity index (χ3n) is 3.75. The Kier molecular flexibility index (Phi) is 3.82. The standard InChI is InChI=1S/C12H23NO/c1-13-8-6-11(7-9-13)12-5-3-2-4-10-14-12/h11-12H,2-10H2,1H3. The summed E-state index contributed by atoms with van der Waals surface area (Å²) in [6, 6.07) is 0. The molecule has 1 unspecified atom stereocenters. The lowest BCUT2D eigenvalue weighted by atomic mass is 9.89. The second-order valence-electron chi connectivity index (χ2n) is 4.90. The van der Waals surface area contributed by atoms with Gasteiger partial charge in [0.1, 0.15) is 0 Å². The molecule has 0 aliphatic carbocycles. The molecule has 0 aromatic heterocycles. The Morgan fingerprint density at radius 2 is 1.79 bits per heavy atom. The van der Waals surface area contributed by atoms with Crippen molar-refractivity contribution in [2.75, 3.05) is 26.7 Å². The lowest BCUT2D eigenvalue weighted by molar-refractivity contribution is -0.00331. The zero-order valence-electron chi connectivity index (χ0n) is 9.37. The molecular formula is C12H23NO. The van der Waals surface area contributed by atoms with Gasteiger partial charge >= 0.3 is 0 Å². The molecule has 0 radical (unpaired) electrons. The summed E-state index contributed by atoms with van der Waals surface area (Å²) in [5.41, 5.74) is 0. The van der Waals surface area contributed by atoms with Crippen LogP contribution in [0.3, 0.4) is 0 Å². The Labute approximate surface area is 87.6 Å². The highest BCUT2D eigenvalue weighted by atomic mass is 16.5. The second kappa shape index (κ2) is 5.13. The first-order valence-corrected chi connectivity index (χ1v) is 6.16. The van der Waals surface area contributed by atoms with Gasteiger partial charge in [-0.05, 0) is 51.7 Å². The summed E-state index contributed by atoms with van der Waals surface area (Å²) in [5.74, 6) is 0.851. The molecule has 0 spiro atoms. The maximum Gasteiger partial charge on any atom is 0.0604 e. The van der Waals surface area contributed by atoms with Crippen molar-refractivity contribution in [1.29, 1.82) is 0 Å². The largest absolute Gasteiger partial charge is 0.378 e. The van der Waals surface area contributed by atoms with Gasteiger partial charge in [0.25, 0.3) is 0 Å². The summed E-state index contributed by atoms with van der Waals surface area (Å²) in [6.07, 6.45) is 8.64. The number of hydrogen-bond donors (Lipinski definition) is 0. The van der Waals surface area contributed by atoms with Crippen LogP contribution in [0.5, 0.6) is 0 Å². The smallest absolute Gasteiger partial charge is 0.0604 e. The van der Waals surface area contributed by atoms with Gasteiger partial charge in [-0.25, -0.2) is 0 Å². The fraction of sp³-hybridized carbons (Fsp3) is 1.00. The fourth-order valence-corrected chi connectivity index (χ4v) is 2.71. The predicted octanol–water partition coefficient (Wildman–Crippen LogP) is 2.29. The molecule has 0 aromatic rings. The first-order valence-electron chi connectivity index (χ1n) is 6.16. The van der Waals surface area contributed by atoms with Crippen LogP contribution in [0, 0.1) is 5.92 Å². The topological polar surface area (TPSA) is 12.5 Å². The zero-order chi connectivity index (χ0) is 9.80.